The van der Waals surface area contributed by atoms with Crippen molar-refractivity contribution < 1.29 is 4.79 Å². The first-order chi connectivity index (χ1) is 9.70. The van der Waals surface area contributed by atoms with Crippen LogP contribution in [0.3, 0.4) is 0 Å². The van der Waals surface area contributed by atoms with Crippen molar-refractivity contribution in [3.8, 4) is 0 Å². The summed E-state index contributed by atoms with van der Waals surface area (Å²) in [7, 11) is 0. The number of rotatable bonds is 5. The van der Waals surface area contributed by atoms with E-state index >= 15 is 0 Å². The molecule has 21 heavy (non-hydrogen) atoms. The molecular weight excluding hydrogens is 304 g/mol. The Morgan fingerprint density at radius 2 is 2.05 bits per heavy atom. The summed E-state index contributed by atoms with van der Waals surface area (Å²) in [5.74, 6) is 1.07. The quantitative estimate of drug-likeness (QED) is 0.816. The summed E-state index contributed by atoms with van der Waals surface area (Å²) in [5.41, 5.74) is 7.02. The molecule has 0 spiro atoms. The van der Waals surface area contributed by atoms with E-state index in [0.717, 1.165) is 12.8 Å². The number of hydrogen-bond donors (Lipinski definition) is 2. The summed E-state index contributed by atoms with van der Waals surface area (Å²) >= 11 is 1.61. The molecule has 0 aromatic heterocycles. The van der Waals surface area contributed by atoms with E-state index in [1.54, 1.807) is 11.8 Å². The first-order valence-corrected chi connectivity index (χ1v) is 8.37. The Hall–Kier alpha value is -0.710. The van der Waals surface area contributed by atoms with Crippen LogP contribution in [-0.4, -0.2) is 24.2 Å². The number of benzene rings is 1. The number of nitrogens with one attached hydrogen (secondary N) is 1. The van der Waals surface area contributed by atoms with Gasteiger partial charge >= 0.3 is 0 Å². The Balaban J connectivity index is 0.00000220. The van der Waals surface area contributed by atoms with E-state index in [1.165, 1.54) is 23.3 Å². The van der Waals surface area contributed by atoms with Crippen LogP contribution in [0.5, 0.6) is 0 Å². The molecule has 1 aliphatic rings. The van der Waals surface area contributed by atoms with Crippen LogP contribution in [0.15, 0.2) is 29.2 Å². The molecule has 1 amide bonds. The van der Waals surface area contributed by atoms with Crippen molar-refractivity contribution in [3.05, 3.63) is 29.8 Å². The highest BCUT2D eigenvalue weighted by atomic mass is 35.5. The highest BCUT2D eigenvalue weighted by molar-refractivity contribution is 8.00. The summed E-state index contributed by atoms with van der Waals surface area (Å²) < 4.78 is 0. The third kappa shape index (κ3) is 5.53. The maximum atomic E-state index is 12.1. The number of hydrogen-bond acceptors (Lipinski definition) is 3. The third-order valence-electron chi connectivity index (χ3n) is 4.01. The van der Waals surface area contributed by atoms with Crippen molar-refractivity contribution in [2.24, 2.45) is 11.7 Å². The molecule has 0 bridgehead atoms. The Morgan fingerprint density at radius 3 is 2.76 bits per heavy atom. The van der Waals surface area contributed by atoms with Crippen LogP contribution in [-0.2, 0) is 4.79 Å². The Bertz CT molecular complexity index is 456. The average Bonchev–Trinajstić information content (AvgIpc) is 2.47. The summed E-state index contributed by atoms with van der Waals surface area (Å²) in [6.07, 6.45) is 4.66. The second-order valence-corrected chi connectivity index (χ2v) is 6.53. The van der Waals surface area contributed by atoms with E-state index in [9.17, 15) is 4.79 Å². The van der Waals surface area contributed by atoms with Crippen LogP contribution in [0.1, 0.15) is 31.2 Å². The van der Waals surface area contributed by atoms with E-state index in [0.29, 0.717) is 18.2 Å². The molecule has 1 saturated carbocycles. The second-order valence-electron chi connectivity index (χ2n) is 5.51. The average molecular weight is 329 g/mol. The van der Waals surface area contributed by atoms with Crippen LogP contribution in [0.25, 0.3) is 0 Å². The van der Waals surface area contributed by atoms with Crippen LogP contribution >= 0.6 is 24.2 Å². The molecule has 1 aromatic rings. The van der Waals surface area contributed by atoms with Gasteiger partial charge in [-0.25, -0.2) is 0 Å². The molecule has 0 heterocycles. The van der Waals surface area contributed by atoms with Crippen LogP contribution in [0.4, 0.5) is 0 Å². The molecule has 1 aliphatic carbocycles. The number of aryl methyl sites for hydroxylation is 1. The topological polar surface area (TPSA) is 55.1 Å². The first-order valence-electron chi connectivity index (χ1n) is 7.38. The molecule has 0 saturated heterocycles. The summed E-state index contributed by atoms with van der Waals surface area (Å²) in [4.78, 5) is 13.3. The monoisotopic (exact) mass is 328 g/mol. The molecule has 2 unspecified atom stereocenters. The van der Waals surface area contributed by atoms with Crippen molar-refractivity contribution in [2.75, 3.05) is 12.3 Å². The maximum absolute atomic E-state index is 12.1. The van der Waals surface area contributed by atoms with E-state index in [2.05, 4.69) is 24.4 Å². The summed E-state index contributed by atoms with van der Waals surface area (Å²) in [6, 6.07) is 8.45. The van der Waals surface area contributed by atoms with Crippen molar-refractivity contribution in [3.63, 3.8) is 0 Å². The van der Waals surface area contributed by atoms with Crippen LogP contribution < -0.4 is 11.1 Å². The molecular formula is C16H25ClN2OS. The lowest BCUT2D eigenvalue weighted by Gasteiger charge is -2.31. The first kappa shape index (κ1) is 18.3. The molecule has 0 radical (unpaired) electrons. The zero-order chi connectivity index (χ0) is 14.4. The molecule has 5 heteroatoms. The minimum Gasteiger partial charge on any atom is -0.352 e. The number of carbonyl (C=O) groups is 1. The summed E-state index contributed by atoms with van der Waals surface area (Å²) in [5, 5.41) is 3.17. The number of amides is 1. The van der Waals surface area contributed by atoms with Gasteiger partial charge in [-0.2, -0.15) is 0 Å². The van der Waals surface area contributed by atoms with Gasteiger partial charge in [0, 0.05) is 10.9 Å². The van der Waals surface area contributed by atoms with Crippen LogP contribution in [0.2, 0.25) is 0 Å². The fourth-order valence-corrected chi connectivity index (χ4v) is 3.63. The number of thioether (sulfide) groups is 1. The fourth-order valence-electron chi connectivity index (χ4n) is 2.79. The number of carbonyl (C=O) groups excluding carboxylic acids is 1. The zero-order valence-electron chi connectivity index (χ0n) is 12.5. The van der Waals surface area contributed by atoms with E-state index in [-0.39, 0.29) is 24.4 Å². The zero-order valence-corrected chi connectivity index (χ0v) is 14.1. The van der Waals surface area contributed by atoms with Crippen molar-refractivity contribution in [2.45, 2.75) is 43.5 Å². The largest absolute Gasteiger partial charge is 0.352 e. The summed E-state index contributed by atoms with van der Waals surface area (Å²) in [6.45, 7) is 2.75. The van der Waals surface area contributed by atoms with E-state index in [4.69, 9.17) is 5.73 Å². The van der Waals surface area contributed by atoms with Gasteiger partial charge in [-0.3, -0.25) is 4.79 Å². The minimum absolute atomic E-state index is 0. The molecule has 118 valence electrons. The molecule has 2 rings (SSSR count). The van der Waals surface area contributed by atoms with Gasteiger partial charge in [0.1, 0.15) is 0 Å². The van der Waals surface area contributed by atoms with Gasteiger partial charge in [0.15, 0.2) is 0 Å². The second kappa shape index (κ2) is 9.34. The van der Waals surface area contributed by atoms with E-state index in [1.807, 2.05) is 12.1 Å². The molecule has 0 aliphatic heterocycles. The van der Waals surface area contributed by atoms with Crippen molar-refractivity contribution in [1.82, 2.24) is 5.32 Å². The highest BCUT2D eigenvalue weighted by Crippen LogP contribution is 2.24. The van der Waals surface area contributed by atoms with Crippen molar-refractivity contribution in [1.29, 1.82) is 0 Å². The lowest BCUT2D eigenvalue weighted by molar-refractivity contribution is -0.119. The van der Waals surface area contributed by atoms with Gasteiger partial charge < -0.3 is 11.1 Å². The SMILES string of the molecule is Cc1ccccc1SCC(=O)NC1CCCCC1CN.Cl. The number of nitrogens with two attached hydrogens (primary N) is 1. The highest BCUT2D eigenvalue weighted by Gasteiger charge is 2.25. The standard InChI is InChI=1S/C16H24N2OS.ClH/c1-12-6-2-5-9-15(12)20-11-16(19)18-14-8-4-3-7-13(14)10-17;/h2,5-6,9,13-14H,3-4,7-8,10-11,17H2,1H3,(H,18,19);1H. The molecule has 2 atom stereocenters. The van der Waals surface area contributed by atoms with Crippen LogP contribution in [0, 0.1) is 12.8 Å². The van der Waals surface area contributed by atoms with Crippen molar-refractivity contribution >= 4 is 30.1 Å². The predicted octanol–water partition coefficient (Wildman–Crippen LogP) is 3.14. The third-order valence-corrected chi connectivity index (χ3v) is 5.19. The van der Waals surface area contributed by atoms with E-state index < -0.39 is 0 Å². The number of halogens is 1. The minimum atomic E-state index is 0. The lowest BCUT2D eigenvalue weighted by atomic mass is 9.84. The molecule has 1 fully saturated rings. The maximum Gasteiger partial charge on any atom is 0.230 e. The Morgan fingerprint density at radius 1 is 1.33 bits per heavy atom. The Kier molecular flexibility index (Phi) is 8.15. The van der Waals surface area contributed by atoms with Gasteiger partial charge in [-0.05, 0) is 43.9 Å². The van der Waals surface area contributed by atoms with Gasteiger partial charge in [0.2, 0.25) is 5.91 Å². The lowest BCUT2D eigenvalue weighted by Crippen LogP contribution is -2.45. The fraction of sp³-hybridized carbons (Fsp3) is 0.562. The van der Waals surface area contributed by atoms with Gasteiger partial charge in [-0.1, -0.05) is 31.0 Å². The molecule has 3 nitrogen and oxygen atoms in total. The molecule has 1 aromatic carbocycles. The Labute approximate surface area is 137 Å². The molecule has 3 N–H and O–H groups in total. The normalized spacial score (nSPS) is 21.4. The van der Waals surface area contributed by atoms with Gasteiger partial charge in [-0.15, -0.1) is 24.2 Å². The van der Waals surface area contributed by atoms with Gasteiger partial charge in [0.05, 0.1) is 5.75 Å². The smallest absolute Gasteiger partial charge is 0.230 e. The predicted molar refractivity (Wildman–Crippen MR) is 92.1 cm³/mol. The van der Waals surface area contributed by atoms with Gasteiger partial charge in [0.25, 0.3) is 0 Å².